The Morgan fingerprint density at radius 1 is 1.19 bits per heavy atom. The fourth-order valence-corrected chi connectivity index (χ4v) is 3.12. The van der Waals surface area contributed by atoms with E-state index in [0.717, 1.165) is 27.9 Å². The molecule has 1 N–H and O–H groups in total. The van der Waals surface area contributed by atoms with E-state index in [1.165, 1.54) is 0 Å². The van der Waals surface area contributed by atoms with Gasteiger partial charge in [0, 0.05) is 36.2 Å². The Labute approximate surface area is 161 Å². The molecule has 1 heterocycles. The van der Waals surface area contributed by atoms with Gasteiger partial charge < -0.3 is 14.6 Å². The third-order valence-electron chi connectivity index (χ3n) is 4.14. The number of nitrogens with one attached hydrogen (secondary N) is 1. The van der Waals surface area contributed by atoms with Crippen LogP contribution in [0.5, 0.6) is 0 Å². The molecule has 1 aromatic heterocycles. The van der Waals surface area contributed by atoms with Gasteiger partial charge in [-0.05, 0) is 43.3 Å². The van der Waals surface area contributed by atoms with Crippen LogP contribution in [-0.2, 0) is 17.7 Å². The molecule has 0 saturated heterocycles. The largest absolute Gasteiger partial charge is 0.380 e. The van der Waals surface area contributed by atoms with Crippen LogP contribution in [-0.4, -0.2) is 35.2 Å². The lowest BCUT2D eigenvalue weighted by atomic mass is 10.2. The van der Waals surface area contributed by atoms with Crippen LogP contribution in [0.15, 0.2) is 53.0 Å². The molecular weight excluding hydrogens is 394 g/mol. The highest BCUT2D eigenvalue weighted by Gasteiger charge is 2.11. The number of nitrogens with zero attached hydrogens (tertiary/aromatic N) is 2. The standard InChI is InChI=1S/C20H22BrN3O2/c1-2-26-14-13-24-18-6-4-3-5-17(18)23-19(24)11-12-22-20(25)15-7-9-16(21)10-8-15/h3-10H,2,11-14H2,1H3,(H,22,25). The first-order chi connectivity index (χ1) is 12.7. The normalized spacial score (nSPS) is 11.0. The zero-order valence-electron chi connectivity index (χ0n) is 14.7. The van der Waals surface area contributed by atoms with Crippen molar-refractivity contribution in [3.05, 3.63) is 64.4 Å². The number of carbonyl (C=O) groups excluding carboxylic acids is 1. The van der Waals surface area contributed by atoms with E-state index in [1.807, 2.05) is 37.3 Å². The molecular formula is C20H22BrN3O2. The number of benzene rings is 2. The number of aromatic nitrogens is 2. The van der Waals surface area contributed by atoms with Crippen LogP contribution in [0.1, 0.15) is 23.1 Å². The van der Waals surface area contributed by atoms with Gasteiger partial charge in [0.1, 0.15) is 5.82 Å². The van der Waals surface area contributed by atoms with Gasteiger partial charge in [0.2, 0.25) is 0 Å². The zero-order chi connectivity index (χ0) is 18.4. The lowest BCUT2D eigenvalue weighted by Crippen LogP contribution is -2.26. The highest BCUT2D eigenvalue weighted by atomic mass is 79.9. The molecule has 6 heteroatoms. The predicted molar refractivity (Wildman–Crippen MR) is 106 cm³/mol. The van der Waals surface area contributed by atoms with Gasteiger partial charge in [-0.3, -0.25) is 4.79 Å². The lowest BCUT2D eigenvalue weighted by molar-refractivity contribution is 0.0953. The van der Waals surface area contributed by atoms with E-state index in [0.29, 0.717) is 31.7 Å². The Hall–Kier alpha value is -2.18. The maximum Gasteiger partial charge on any atom is 0.251 e. The Morgan fingerprint density at radius 2 is 1.96 bits per heavy atom. The maximum absolute atomic E-state index is 12.2. The van der Waals surface area contributed by atoms with Gasteiger partial charge in [0.05, 0.1) is 17.6 Å². The zero-order valence-corrected chi connectivity index (χ0v) is 16.3. The van der Waals surface area contributed by atoms with Gasteiger partial charge in [-0.15, -0.1) is 0 Å². The van der Waals surface area contributed by atoms with E-state index in [4.69, 9.17) is 9.72 Å². The number of hydrogen-bond acceptors (Lipinski definition) is 3. The van der Waals surface area contributed by atoms with E-state index in [9.17, 15) is 4.79 Å². The van der Waals surface area contributed by atoms with Crippen molar-refractivity contribution >= 4 is 32.9 Å². The quantitative estimate of drug-likeness (QED) is 0.569. The number of halogens is 1. The number of rotatable bonds is 8. The molecule has 2 aromatic carbocycles. The fourth-order valence-electron chi connectivity index (χ4n) is 2.86. The number of imidazole rings is 1. The van der Waals surface area contributed by atoms with Crippen molar-refractivity contribution in [2.75, 3.05) is 19.8 Å². The van der Waals surface area contributed by atoms with E-state index in [2.05, 4.69) is 31.9 Å². The average Bonchev–Trinajstić information content (AvgIpc) is 3.00. The van der Waals surface area contributed by atoms with Crippen LogP contribution in [0, 0.1) is 0 Å². The second kappa shape index (κ2) is 8.96. The second-order valence-corrected chi connectivity index (χ2v) is 6.79. The van der Waals surface area contributed by atoms with Crippen molar-refractivity contribution < 1.29 is 9.53 Å². The average molecular weight is 416 g/mol. The van der Waals surface area contributed by atoms with Crippen molar-refractivity contribution in [1.29, 1.82) is 0 Å². The maximum atomic E-state index is 12.2. The summed E-state index contributed by atoms with van der Waals surface area (Å²) >= 11 is 3.38. The Balaban J connectivity index is 1.66. The van der Waals surface area contributed by atoms with Gasteiger partial charge in [0.25, 0.3) is 5.91 Å². The first kappa shape index (κ1) is 18.6. The molecule has 0 radical (unpaired) electrons. The Bertz CT molecular complexity index is 874. The first-order valence-corrected chi connectivity index (χ1v) is 9.54. The molecule has 0 bridgehead atoms. The first-order valence-electron chi connectivity index (χ1n) is 8.74. The van der Waals surface area contributed by atoms with Crippen molar-refractivity contribution in [1.82, 2.24) is 14.9 Å². The minimum absolute atomic E-state index is 0.0746. The molecule has 136 valence electrons. The summed E-state index contributed by atoms with van der Waals surface area (Å²) < 4.78 is 8.63. The van der Waals surface area contributed by atoms with Crippen molar-refractivity contribution in [3.63, 3.8) is 0 Å². The molecule has 0 atom stereocenters. The molecule has 5 nitrogen and oxygen atoms in total. The highest BCUT2D eigenvalue weighted by molar-refractivity contribution is 9.10. The van der Waals surface area contributed by atoms with Crippen LogP contribution in [0.3, 0.4) is 0 Å². The molecule has 0 aliphatic heterocycles. The number of para-hydroxylation sites is 2. The lowest BCUT2D eigenvalue weighted by Gasteiger charge is -2.10. The van der Waals surface area contributed by atoms with Crippen molar-refractivity contribution in [3.8, 4) is 0 Å². The molecule has 3 aromatic rings. The van der Waals surface area contributed by atoms with Gasteiger partial charge in [-0.25, -0.2) is 4.98 Å². The summed E-state index contributed by atoms with van der Waals surface area (Å²) in [5.74, 6) is 0.886. The number of hydrogen-bond donors (Lipinski definition) is 1. The molecule has 3 rings (SSSR count). The van der Waals surface area contributed by atoms with Crippen molar-refractivity contribution in [2.24, 2.45) is 0 Å². The third-order valence-corrected chi connectivity index (χ3v) is 4.67. The highest BCUT2D eigenvalue weighted by Crippen LogP contribution is 2.16. The summed E-state index contributed by atoms with van der Waals surface area (Å²) in [6.45, 7) is 4.63. The summed E-state index contributed by atoms with van der Waals surface area (Å²) in [6.07, 6.45) is 0.670. The van der Waals surface area contributed by atoms with Crippen LogP contribution in [0.4, 0.5) is 0 Å². The van der Waals surface area contributed by atoms with Gasteiger partial charge >= 0.3 is 0 Å². The number of fused-ring (bicyclic) bond motifs is 1. The van der Waals surface area contributed by atoms with Crippen LogP contribution < -0.4 is 5.32 Å². The second-order valence-electron chi connectivity index (χ2n) is 5.88. The van der Waals surface area contributed by atoms with E-state index in [-0.39, 0.29) is 5.91 Å². The monoisotopic (exact) mass is 415 g/mol. The number of ether oxygens (including phenoxy) is 1. The van der Waals surface area contributed by atoms with Gasteiger partial charge in [-0.2, -0.15) is 0 Å². The number of carbonyl (C=O) groups is 1. The number of amides is 1. The smallest absolute Gasteiger partial charge is 0.251 e. The molecule has 0 spiro atoms. The van der Waals surface area contributed by atoms with Gasteiger partial charge in [0.15, 0.2) is 0 Å². The van der Waals surface area contributed by atoms with Crippen LogP contribution >= 0.6 is 15.9 Å². The SMILES string of the molecule is CCOCCn1c(CCNC(=O)c2ccc(Br)cc2)nc2ccccc21. The summed E-state index contributed by atoms with van der Waals surface area (Å²) in [7, 11) is 0. The molecule has 0 aliphatic carbocycles. The van der Waals surface area contributed by atoms with Crippen molar-refractivity contribution in [2.45, 2.75) is 19.9 Å². The van der Waals surface area contributed by atoms with E-state index >= 15 is 0 Å². The molecule has 26 heavy (non-hydrogen) atoms. The minimum atomic E-state index is -0.0746. The summed E-state index contributed by atoms with van der Waals surface area (Å²) in [5, 5.41) is 2.97. The predicted octanol–water partition coefficient (Wildman–Crippen LogP) is 3.81. The molecule has 0 saturated carbocycles. The van der Waals surface area contributed by atoms with E-state index < -0.39 is 0 Å². The topological polar surface area (TPSA) is 56.1 Å². The summed E-state index contributed by atoms with van der Waals surface area (Å²) in [5.41, 5.74) is 2.72. The molecule has 1 amide bonds. The minimum Gasteiger partial charge on any atom is -0.380 e. The van der Waals surface area contributed by atoms with Crippen LogP contribution in [0.2, 0.25) is 0 Å². The molecule has 0 fully saturated rings. The Kier molecular flexibility index (Phi) is 6.41. The molecule has 0 unspecified atom stereocenters. The van der Waals surface area contributed by atoms with Gasteiger partial charge in [-0.1, -0.05) is 28.1 Å². The van der Waals surface area contributed by atoms with Crippen LogP contribution in [0.25, 0.3) is 11.0 Å². The Morgan fingerprint density at radius 3 is 2.73 bits per heavy atom. The summed E-state index contributed by atoms with van der Waals surface area (Å²) in [4.78, 5) is 17.0. The molecule has 0 aliphatic rings. The summed E-state index contributed by atoms with van der Waals surface area (Å²) in [6, 6.07) is 15.4. The third kappa shape index (κ3) is 4.51. The van der Waals surface area contributed by atoms with E-state index in [1.54, 1.807) is 12.1 Å². The fraction of sp³-hybridized carbons (Fsp3) is 0.300.